The van der Waals surface area contributed by atoms with E-state index < -0.39 is 42.0 Å². The molecule has 2 atom stereocenters. The van der Waals surface area contributed by atoms with Crippen LogP contribution in [0.15, 0.2) is 54.7 Å². The molecule has 0 aliphatic carbocycles. The molecule has 4 rings (SSSR count). The summed E-state index contributed by atoms with van der Waals surface area (Å²) in [6.45, 7) is 0.0686. The van der Waals surface area contributed by atoms with Crippen molar-refractivity contribution in [3.8, 4) is 5.75 Å². The third kappa shape index (κ3) is 5.24. The second-order valence-electron chi connectivity index (χ2n) is 8.09. The molecule has 2 aromatic carbocycles. The number of urea groups is 1. The Kier molecular flexibility index (Phi) is 6.55. The summed E-state index contributed by atoms with van der Waals surface area (Å²) in [6, 6.07) is 9.13. The number of fused-ring (bicyclic) bond motifs is 1. The number of benzene rings is 2. The monoisotopic (exact) mass is 502 g/mol. The van der Waals surface area contributed by atoms with Gasteiger partial charge in [-0.2, -0.15) is 0 Å². The zero-order valence-electron chi connectivity index (χ0n) is 18.6. The Balaban J connectivity index is 1.54. The maximum absolute atomic E-state index is 13.2. The lowest BCUT2D eigenvalue weighted by Crippen LogP contribution is -2.45. The number of para-hydroxylation sites is 1. The number of amides is 4. The Morgan fingerprint density at radius 2 is 1.86 bits per heavy atom. The third-order valence-electron chi connectivity index (χ3n) is 5.66. The molecule has 36 heavy (non-hydrogen) atoms. The zero-order chi connectivity index (χ0) is 26.0. The molecular formula is C23H21F3N6O4. The standard InChI is InChI=1S/C23H21F3N6O4/c24-23(25,26)36-15-5-3-4-14(9-15)29-20(33)19-8-13(10-27)11-32(19)22(35)30-17-12-31(21(28)34)18-7-2-1-6-16(17)18/h1-7,9-10,12-13,19,27H,8,11H2,(H2,28,34)(H,29,33)(H,30,35)/t13-,19-/m0/s1. The first-order chi connectivity index (χ1) is 17.1. The van der Waals surface area contributed by atoms with Crippen molar-refractivity contribution in [3.05, 3.63) is 54.7 Å². The first-order valence-electron chi connectivity index (χ1n) is 10.7. The number of aromatic nitrogens is 1. The molecule has 0 unspecified atom stereocenters. The van der Waals surface area contributed by atoms with Crippen LogP contribution in [-0.4, -0.2) is 52.6 Å². The number of likely N-dealkylation sites (tertiary alicyclic amines) is 1. The molecule has 1 saturated heterocycles. The lowest BCUT2D eigenvalue weighted by Gasteiger charge is -2.24. The highest BCUT2D eigenvalue weighted by atomic mass is 19.4. The number of hydrogen-bond donors (Lipinski definition) is 4. The molecule has 0 saturated carbocycles. The topological polar surface area (TPSA) is 143 Å². The Morgan fingerprint density at radius 3 is 2.56 bits per heavy atom. The molecule has 1 aliphatic rings. The number of rotatable bonds is 5. The fourth-order valence-electron chi connectivity index (χ4n) is 4.11. The van der Waals surface area contributed by atoms with Gasteiger partial charge in [0.15, 0.2) is 0 Å². The number of alkyl halides is 3. The smallest absolute Gasteiger partial charge is 0.406 e. The first kappa shape index (κ1) is 24.6. The Labute approximate surface area is 202 Å². The number of hydrogen-bond acceptors (Lipinski definition) is 5. The summed E-state index contributed by atoms with van der Waals surface area (Å²) < 4.78 is 42.6. The van der Waals surface area contributed by atoms with Crippen molar-refractivity contribution >= 4 is 46.5 Å². The molecule has 0 bridgehead atoms. The SMILES string of the molecule is N=C[C@@H]1C[C@@H](C(=O)Nc2cccc(OC(F)(F)F)c2)N(C(=O)Nc2cn(C(N)=O)c3ccccc23)C1. The molecule has 13 heteroatoms. The fraction of sp³-hybridized carbons (Fsp3) is 0.217. The van der Waals surface area contributed by atoms with E-state index in [1.807, 2.05) is 0 Å². The van der Waals surface area contributed by atoms with Gasteiger partial charge in [-0.1, -0.05) is 24.3 Å². The summed E-state index contributed by atoms with van der Waals surface area (Å²) in [7, 11) is 0. The van der Waals surface area contributed by atoms with Crippen LogP contribution < -0.4 is 21.1 Å². The van der Waals surface area contributed by atoms with Gasteiger partial charge in [0.2, 0.25) is 5.91 Å². The van der Waals surface area contributed by atoms with Gasteiger partial charge in [-0.3, -0.25) is 9.36 Å². The summed E-state index contributed by atoms with van der Waals surface area (Å²) >= 11 is 0. The number of nitrogens with two attached hydrogens (primary N) is 1. The maximum atomic E-state index is 13.2. The molecule has 0 spiro atoms. The Morgan fingerprint density at radius 1 is 1.11 bits per heavy atom. The number of ether oxygens (including phenoxy) is 1. The minimum absolute atomic E-state index is 0.0462. The molecular weight excluding hydrogens is 481 g/mol. The minimum atomic E-state index is -4.89. The van der Waals surface area contributed by atoms with Gasteiger partial charge in [-0.15, -0.1) is 13.2 Å². The predicted molar refractivity (Wildman–Crippen MR) is 125 cm³/mol. The zero-order valence-corrected chi connectivity index (χ0v) is 18.6. The second-order valence-corrected chi connectivity index (χ2v) is 8.09. The van der Waals surface area contributed by atoms with Crippen LogP contribution in [0.5, 0.6) is 5.75 Å². The average Bonchev–Trinajstić information content (AvgIpc) is 3.41. The molecule has 10 nitrogen and oxygen atoms in total. The van der Waals surface area contributed by atoms with E-state index in [4.69, 9.17) is 11.1 Å². The molecule has 4 amide bonds. The van der Waals surface area contributed by atoms with E-state index in [1.165, 1.54) is 27.8 Å². The van der Waals surface area contributed by atoms with Crippen molar-refractivity contribution in [1.29, 1.82) is 5.41 Å². The van der Waals surface area contributed by atoms with Crippen LogP contribution in [0, 0.1) is 11.3 Å². The van der Waals surface area contributed by atoms with E-state index in [1.54, 1.807) is 24.3 Å². The number of halogens is 3. The highest BCUT2D eigenvalue weighted by Crippen LogP contribution is 2.29. The van der Waals surface area contributed by atoms with Crippen molar-refractivity contribution in [2.45, 2.75) is 18.8 Å². The van der Waals surface area contributed by atoms with Gasteiger partial charge < -0.3 is 31.4 Å². The van der Waals surface area contributed by atoms with Gasteiger partial charge >= 0.3 is 18.4 Å². The minimum Gasteiger partial charge on any atom is -0.406 e. The average molecular weight is 502 g/mol. The van der Waals surface area contributed by atoms with Crippen LogP contribution >= 0.6 is 0 Å². The third-order valence-corrected chi connectivity index (χ3v) is 5.66. The Bertz CT molecular complexity index is 1340. The van der Waals surface area contributed by atoms with Crippen LogP contribution in [0.3, 0.4) is 0 Å². The van der Waals surface area contributed by atoms with Crippen molar-refractivity contribution in [2.75, 3.05) is 17.2 Å². The van der Waals surface area contributed by atoms with E-state index >= 15 is 0 Å². The summed E-state index contributed by atoms with van der Waals surface area (Å²) in [5.74, 6) is -1.55. The maximum Gasteiger partial charge on any atom is 0.573 e. The lowest BCUT2D eigenvalue weighted by atomic mass is 10.1. The summed E-state index contributed by atoms with van der Waals surface area (Å²) in [5.41, 5.74) is 6.24. The van der Waals surface area contributed by atoms with Gasteiger partial charge in [-0.25, -0.2) is 9.59 Å². The number of anilines is 2. The van der Waals surface area contributed by atoms with Gasteiger partial charge in [0, 0.05) is 42.0 Å². The fourth-order valence-corrected chi connectivity index (χ4v) is 4.11. The highest BCUT2D eigenvalue weighted by molar-refractivity contribution is 6.06. The van der Waals surface area contributed by atoms with Crippen LogP contribution in [-0.2, 0) is 4.79 Å². The predicted octanol–water partition coefficient (Wildman–Crippen LogP) is 3.98. The van der Waals surface area contributed by atoms with Crippen LogP contribution in [0.1, 0.15) is 6.42 Å². The molecule has 1 fully saturated rings. The van der Waals surface area contributed by atoms with Crippen molar-refractivity contribution in [2.24, 2.45) is 11.7 Å². The molecule has 5 N–H and O–H groups in total. The number of carbonyl (C=O) groups is 3. The lowest BCUT2D eigenvalue weighted by molar-refractivity contribution is -0.274. The van der Waals surface area contributed by atoms with Crippen LogP contribution in [0.4, 0.5) is 34.1 Å². The molecule has 2 heterocycles. The normalized spacial score (nSPS) is 17.6. The molecule has 0 radical (unpaired) electrons. The summed E-state index contributed by atoms with van der Waals surface area (Å²) in [4.78, 5) is 39.2. The van der Waals surface area contributed by atoms with Gasteiger partial charge in [0.1, 0.15) is 11.8 Å². The molecule has 3 aromatic rings. The van der Waals surface area contributed by atoms with Crippen molar-refractivity contribution in [3.63, 3.8) is 0 Å². The summed E-state index contributed by atoms with van der Waals surface area (Å²) in [5, 5.41) is 13.3. The quantitative estimate of drug-likeness (QED) is 0.392. The van der Waals surface area contributed by atoms with Crippen LogP contribution in [0.2, 0.25) is 0 Å². The van der Waals surface area contributed by atoms with E-state index in [9.17, 15) is 27.6 Å². The van der Waals surface area contributed by atoms with E-state index in [2.05, 4.69) is 15.4 Å². The molecule has 188 valence electrons. The van der Waals surface area contributed by atoms with Crippen LogP contribution in [0.25, 0.3) is 10.9 Å². The van der Waals surface area contributed by atoms with E-state index in [0.29, 0.717) is 16.6 Å². The largest absolute Gasteiger partial charge is 0.573 e. The number of nitrogens with one attached hydrogen (secondary N) is 3. The summed E-state index contributed by atoms with van der Waals surface area (Å²) in [6.07, 6.45) is -2.25. The number of nitrogens with zero attached hydrogens (tertiary/aromatic N) is 2. The van der Waals surface area contributed by atoms with Gasteiger partial charge in [-0.05, 0) is 24.6 Å². The first-order valence-corrected chi connectivity index (χ1v) is 10.7. The van der Waals surface area contributed by atoms with E-state index in [0.717, 1.165) is 18.3 Å². The van der Waals surface area contributed by atoms with Crippen molar-refractivity contribution < 1.29 is 32.3 Å². The molecule has 1 aromatic heterocycles. The van der Waals surface area contributed by atoms with Gasteiger partial charge in [0.25, 0.3) is 0 Å². The number of primary amides is 1. The highest BCUT2D eigenvalue weighted by Gasteiger charge is 2.39. The van der Waals surface area contributed by atoms with E-state index in [-0.39, 0.29) is 18.7 Å². The Hall–Kier alpha value is -4.55. The molecule has 1 aliphatic heterocycles. The second kappa shape index (κ2) is 9.60. The van der Waals surface area contributed by atoms with Crippen molar-refractivity contribution in [1.82, 2.24) is 9.47 Å². The number of carbonyl (C=O) groups excluding carboxylic acids is 3. The van der Waals surface area contributed by atoms with Gasteiger partial charge in [0.05, 0.1) is 11.2 Å².